The summed E-state index contributed by atoms with van der Waals surface area (Å²) >= 11 is 0. The quantitative estimate of drug-likeness (QED) is 0.223. The summed E-state index contributed by atoms with van der Waals surface area (Å²) in [5, 5.41) is 10.3. The molecule has 0 saturated carbocycles. The van der Waals surface area contributed by atoms with Crippen LogP contribution in [0.25, 0.3) is 22.2 Å². The van der Waals surface area contributed by atoms with E-state index in [4.69, 9.17) is 0 Å². The zero-order valence-electron chi connectivity index (χ0n) is 20.9. The molecule has 2 aromatic heterocycles. The molecule has 0 unspecified atom stereocenters. The van der Waals surface area contributed by atoms with E-state index in [0.29, 0.717) is 0 Å². The first-order valence-electron chi connectivity index (χ1n) is 12.3. The highest BCUT2D eigenvalue weighted by atomic mass is 16.2. The zero-order chi connectivity index (χ0) is 24.6. The van der Waals surface area contributed by atoms with Gasteiger partial charge in [-0.1, -0.05) is 23.3 Å². The Hall–Kier alpha value is -3.64. The van der Waals surface area contributed by atoms with Crippen LogP contribution in [0.1, 0.15) is 35.1 Å². The number of carbonyl (C=O) groups is 1. The number of aromatic nitrogens is 2. The number of benzene rings is 2. The average Bonchev–Trinajstić information content (AvgIpc) is 3.21. The van der Waals surface area contributed by atoms with Crippen molar-refractivity contribution in [2.24, 2.45) is 0 Å². The molecule has 0 saturated heterocycles. The van der Waals surface area contributed by atoms with Gasteiger partial charge in [0.25, 0.3) is 0 Å². The number of anilines is 1. The minimum atomic E-state index is -0.219. The molecule has 0 spiro atoms. The summed E-state index contributed by atoms with van der Waals surface area (Å²) in [6, 6.07) is 16.6. The fraction of sp³-hybridized carbons (Fsp3) is 0.310. The number of fused-ring (bicyclic) bond motifs is 1. The van der Waals surface area contributed by atoms with Crippen molar-refractivity contribution in [2.75, 3.05) is 25.5 Å². The molecule has 35 heavy (non-hydrogen) atoms. The second-order valence-electron chi connectivity index (χ2n) is 9.14. The SMILES string of the molecule is CNC(=O)Nc1ccc2[nH]c(-c3cc(C)cc(C)c3)c(CCNCCCCc3cccnc3)c2c1. The largest absolute Gasteiger partial charge is 0.354 e. The summed E-state index contributed by atoms with van der Waals surface area (Å²) in [6.45, 7) is 6.16. The fourth-order valence-electron chi connectivity index (χ4n) is 4.61. The van der Waals surface area contributed by atoms with Crippen molar-refractivity contribution >= 4 is 22.6 Å². The molecule has 2 heterocycles. The van der Waals surface area contributed by atoms with E-state index < -0.39 is 0 Å². The van der Waals surface area contributed by atoms with Crippen LogP contribution < -0.4 is 16.0 Å². The predicted molar refractivity (Wildman–Crippen MR) is 145 cm³/mol. The first kappa shape index (κ1) is 24.5. The van der Waals surface area contributed by atoms with Crippen molar-refractivity contribution < 1.29 is 4.79 Å². The molecule has 0 fully saturated rings. The monoisotopic (exact) mass is 469 g/mol. The standard InChI is InChI=1S/C29H35N5O/c1-20-15-21(2)17-23(16-20)28-25(11-14-31-12-5-4-7-22-8-6-13-32-19-22)26-18-24(33-29(35)30-3)9-10-27(26)34-28/h6,8-10,13,15-19,31,34H,4-5,7,11-12,14H2,1-3H3,(H2,30,33,35). The normalized spacial score (nSPS) is 11.1. The Kier molecular flexibility index (Phi) is 8.16. The van der Waals surface area contributed by atoms with Gasteiger partial charge in [0.2, 0.25) is 0 Å². The predicted octanol–water partition coefficient (Wildman–Crippen LogP) is 5.75. The Morgan fingerprint density at radius 2 is 1.80 bits per heavy atom. The van der Waals surface area contributed by atoms with E-state index in [2.05, 4.69) is 70.1 Å². The number of amides is 2. The van der Waals surface area contributed by atoms with Crippen LogP contribution >= 0.6 is 0 Å². The van der Waals surface area contributed by atoms with Crippen molar-refractivity contribution in [1.82, 2.24) is 20.6 Å². The van der Waals surface area contributed by atoms with E-state index in [9.17, 15) is 4.79 Å². The summed E-state index contributed by atoms with van der Waals surface area (Å²) in [5.41, 5.74) is 9.28. The first-order valence-corrected chi connectivity index (χ1v) is 12.3. The third-order valence-corrected chi connectivity index (χ3v) is 6.25. The lowest BCUT2D eigenvalue weighted by Gasteiger charge is -2.10. The molecule has 0 aliphatic heterocycles. The lowest BCUT2D eigenvalue weighted by atomic mass is 9.99. The summed E-state index contributed by atoms with van der Waals surface area (Å²) < 4.78 is 0. The van der Waals surface area contributed by atoms with Crippen LogP contribution in [-0.4, -0.2) is 36.1 Å². The molecule has 0 bridgehead atoms. The van der Waals surface area contributed by atoms with Crippen LogP contribution in [0, 0.1) is 13.8 Å². The maximum absolute atomic E-state index is 11.8. The molecule has 2 aromatic carbocycles. The molecule has 0 aliphatic carbocycles. The van der Waals surface area contributed by atoms with Crippen molar-refractivity contribution in [3.05, 3.63) is 83.2 Å². The van der Waals surface area contributed by atoms with Crippen LogP contribution in [-0.2, 0) is 12.8 Å². The summed E-state index contributed by atoms with van der Waals surface area (Å²) in [4.78, 5) is 19.7. The Bertz CT molecular complexity index is 1260. The van der Waals surface area contributed by atoms with E-state index in [0.717, 1.165) is 61.1 Å². The third-order valence-electron chi connectivity index (χ3n) is 6.25. The number of pyridine rings is 1. The topological polar surface area (TPSA) is 81.8 Å². The summed E-state index contributed by atoms with van der Waals surface area (Å²) in [5.74, 6) is 0. The van der Waals surface area contributed by atoms with Crippen molar-refractivity contribution in [3.8, 4) is 11.3 Å². The second-order valence-corrected chi connectivity index (χ2v) is 9.14. The zero-order valence-corrected chi connectivity index (χ0v) is 20.9. The second kappa shape index (κ2) is 11.7. The number of carbonyl (C=O) groups excluding carboxylic acids is 1. The molecule has 4 aromatic rings. The van der Waals surface area contributed by atoms with Crippen LogP contribution in [0.3, 0.4) is 0 Å². The molecule has 6 nitrogen and oxygen atoms in total. The molecule has 0 aliphatic rings. The smallest absolute Gasteiger partial charge is 0.318 e. The molecule has 4 N–H and O–H groups in total. The average molecular weight is 470 g/mol. The van der Waals surface area contributed by atoms with Gasteiger partial charge in [0.05, 0.1) is 0 Å². The van der Waals surface area contributed by atoms with E-state index in [1.165, 1.54) is 27.8 Å². The maximum Gasteiger partial charge on any atom is 0.318 e. The lowest BCUT2D eigenvalue weighted by Crippen LogP contribution is -2.24. The van der Waals surface area contributed by atoms with Gasteiger partial charge >= 0.3 is 6.03 Å². The number of aryl methyl sites for hydroxylation is 3. The number of aromatic amines is 1. The van der Waals surface area contributed by atoms with Crippen LogP contribution in [0.5, 0.6) is 0 Å². The number of nitrogens with zero attached hydrogens (tertiary/aromatic N) is 1. The van der Waals surface area contributed by atoms with Gasteiger partial charge in [-0.25, -0.2) is 4.79 Å². The molecule has 0 radical (unpaired) electrons. The van der Waals surface area contributed by atoms with Crippen LogP contribution in [0.2, 0.25) is 0 Å². The molecule has 4 rings (SSSR count). The van der Waals surface area contributed by atoms with Crippen molar-refractivity contribution in [1.29, 1.82) is 0 Å². The molecular formula is C29H35N5O. The van der Waals surface area contributed by atoms with Gasteiger partial charge in [0, 0.05) is 41.7 Å². The molecule has 2 amide bonds. The first-order chi connectivity index (χ1) is 17.0. The van der Waals surface area contributed by atoms with Gasteiger partial charge < -0.3 is 20.9 Å². The Morgan fingerprint density at radius 3 is 2.54 bits per heavy atom. The molecule has 0 atom stereocenters. The van der Waals surface area contributed by atoms with Gasteiger partial charge in [0.1, 0.15) is 0 Å². The third kappa shape index (κ3) is 6.49. The minimum Gasteiger partial charge on any atom is -0.354 e. The highest BCUT2D eigenvalue weighted by Crippen LogP contribution is 2.33. The van der Waals surface area contributed by atoms with Gasteiger partial charge in [-0.15, -0.1) is 0 Å². The van der Waals surface area contributed by atoms with Gasteiger partial charge in [0.15, 0.2) is 0 Å². The highest BCUT2D eigenvalue weighted by Gasteiger charge is 2.15. The van der Waals surface area contributed by atoms with E-state index in [1.54, 1.807) is 7.05 Å². The maximum atomic E-state index is 11.8. The Labute approximate surface area is 207 Å². The van der Waals surface area contributed by atoms with Crippen LogP contribution in [0.15, 0.2) is 60.9 Å². The molecule has 6 heteroatoms. The number of hydrogen-bond acceptors (Lipinski definition) is 3. The highest BCUT2D eigenvalue weighted by molar-refractivity contribution is 5.96. The number of urea groups is 1. The number of rotatable bonds is 10. The van der Waals surface area contributed by atoms with Crippen molar-refractivity contribution in [3.63, 3.8) is 0 Å². The van der Waals surface area contributed by atoms with Crippen molar-refractivity contribution in [2.45, 2.75) is 39.5 Å². The van der Waals surface area contributed by atoms with Gasteiger partial charge in [-0.05, 0) is 106 Å². The summed E-state index contributed by atoms with van der Waals surface area (Å²) in [6.07, 6.45) is 8.01. The molecular weight excluding hydrogens is 434 g/mol. The number of hydrogen-bond donors (Lipinski definition) is 4. The number of H-pyrrole nitrogens is 1. The Morgan fingerprint density at radius 1 is 0.971 bits per heavy atom. The van der Waals surface area contributed by atoms with Gasteiger partial charge in [-0.2, -0.15) is 0 Å². The number of nitrogens with one attached hydrogen (secondary N) is 4. The summed E-state index contributed by atoms with van der Waals surface area (Å²) in [7, 11) is 1.62. The number of unbranched alkanes of at least 4 members (excludes halogenated alkanes) is 1. The minimum absolute atomic E-state index is 0.219. The van der Waals surface area contributed by atoms with Crippen LogP contribution in [0.4, 0.5) is 10.5 Å². The van der Waals surface area contributed by atoms with Gasteiger partial charge in [-0.3, -0.25) is 4.98 Å². The Balaban J connectivity index is 1.48. The van der Waals surface area contributed by atoms with E-state index >= 15 is 0 Å². The fourth-order valence-corrected chi connectivity index (χ4v) is 4.61. The lowest BCUT2D eigenvalue weighted by molar-refractivity contribution is 0.254. The van der Waals surface area contributed by atoms with E-state index in [-0.39, 0.29) is 6.03 Å². The van der Waals surface area contributed by atoms with E-state index in [1.807, 2.05) is 30.6 Å². The molecule has 182 valence electrons.